The van der Waals surface area contributed by atoms with E-state index in [1.54, 1.807) is 7.11 Å². The molecule has 2 aromatic rings. The first-order valence-corrected chi connectivity index (χ1v) is 11.6. The molecule has 170 valence electrons. The standard InChI is InChI=1S/C25H30ClN3O3/c1-32-22-4-2-3-21(17-22)28-13-15-29(16-14-28)24(31)10-12-25(11-9-23(30)27-25)18-19-5-7-20(26)8-6-19/h2-8,17H,9-16,18H2,1H3,(H,27,30). The van der Waals surface area contributed by atoms with Crippen LogP contribution in [0.3, 0.4) is 0 Å². The molecule has 32 heavy (non-hydrogen) atoms. The molecule has 2 aromatic carbocycles. The molecule has 2 fully saturated rings. The fraction of sp³-hybridized carbons (Fsp3) is 0.440. The summed E-state index contributed by atoms with van der Waals surface area (Å²) in [5.74, 6) is 1.07. The van der Waals surface area contributed by atoms with E-state index in [0.29, 0.717) is 43.8 Å². The average molecular weight is 456 g/mol. The number of piperazine rings is 1. The second-order valence-corrected chi connectivity index (χ2v) is 9.14. The van der Waals surface area contributed by atoms with E-state index < -0.39 is 0 Å². The monoisotopic (exact) mass is 455 g/mol. The minimum Gasteiger partial charge on any atom is -0.497 e. The summed E-state index contributed by atoms with van der Waals surface area (Å²) in [6, 6.07) is 15.8. The molecule has 1 unspecified atom stereocenters. The molecule has 2 heterocycles. The van der Waals surface area contributed by atoms with Crippen LogP contribution in [0.15, 0.2) is 48.5 Å². The van der Waals surface area contributed by atoms with Gasteiger partial charge in [-0.05, 0) is 49.1 Å². The summed E-state index contributed by atoms with van der Waals surface area (Å²) in [5, 5.41) is 3.86. The van der Waals surface area contributed by atoms with E-state index in [0.717, 1.165) is 36.5 Å². The number of carbonyl (C=O) groups excluding carboxylic acids is 2. The predicted molar refractivity (Wildman–Crippen MR) is 126 cm³/mol. The van der Waals surface area contributed by atoms with Crippen LogP contribution < -0.4 is 15.0 Å². The van der Waals surface area contributed by atoms with E-state index in [9.17, 15) is 9.59 Å². The zero-order chi connectivity index (χ0) is 22.6. The highest BCUT2D eigenvalue weighted by molar-refractivity contribution is 6.30. The Hall–Kier alpha value is -2.73. The lowest BCUT2D eigenvalue weighted by Gasteiger charge is -2.37. The van der Waals surface area contributed by atoms with E-state index in [2.05, 4.69) is 16.3 Å². The molecule has 0 radical (unpaired) electrons. The lowest BCUT2D eigenvalue weighted by molar-refractivity contribution is -0.132. The molecule has 1 atom stereocenters. The van der Waals surface area contributed by atoms with E-state index in [1.165, 1.54) is 0 Å². The van der Waals surface area contributed by atoms with Crippen LogP contribution in [-0.4, -0.2) is 55.5 Å². The van der Waals surface area contributed by atoms with Gasteiger partial charge in [-0.15, -0.1) is 0 Å². The highest BCUT2D eigenvalue weighted by atomic mass is 35.5. The molecule has 0 saturated carbocycles. The largest absolute Gasteiger partial charge is 0.497 e. The van der Waals surface area contributed by atoms with Gasteiger partial charge < -0.3 is 19.9 Å². The summed E-state index contributed by atoms with van der Waals surface area (Å²) in [6.07, 6.45) is 3.07. The number of nitrogens with zero attached hydrogens (tertiary/aromatic N) is 2. The Morgan fingerprint density at radius 2 is 1.88 bits per heavy atom. The zero-order valence-electron chi connectivity index (χ0n) is 18.5. The number of nitrogens with one attached hydrogen (secondary N) is 1. The summed E-state index contributed by atoms with van der Waals surface area (Å²) in [5.41, 5.74) is 1.88. The minimum absolute atomic E-state index is 0.0679. The molecule has 0 spiro atoms. The van der Waals surface area contributed by atoms with Crippen LogP contribution in [0.1, 0.15) is 31.2 Å². The first-order valence-electron chi connectivity index (χ1n) is 11.2. The SMILES string of the molecule is COc1cccc(N2CCN(C(=O)CCC3(Cc4ccc(Cl)cc4)CCC(=O)N3)CC2)c1. The van der Waals surface area contributed by atoms with E-state index in [-0.39, 0.29) is 17.4 Å². The number of carbonyl (C=O) groups is 2. The Balaban J connectivity index is 1.32. The molecule has 2 amide bonds. The molecule has 0 bridgehead atoms. The lowest BCUT2D eigenvalue weighted by atomic mass is 9.85. The second kappa shape index (κ2) is 9.82. The van der Waals surface area contributed by atoms with Crippen molar-refractivity contribution in [3.05, 3.63) is 59.1 Å². The van der Waals surface area contributed by atoms with Gasteiger partial charge in [0.1, 0.15) is 5.75 Å². The number of hydrogen-bond acceptors (Lipinski definition) is 4. The van der Waals surface area contributed by atoms with Gasteiger partial charge in [-0.2, -0.15) is 0 Å². The quantitative estimate of drug-likeness (QED) is 0.692. The predicted octanol–water partition coefficient (Wildman–Crippen LogP) is 3.67. The molecular weight excluding hydrogens is 426 g/mol. The summed E-state index contributed by atoms with van der Waals surface area (Å²) in [6.45, 7) is 3.00. The van der Waals surface area contributed by atoms with Crippen LogP contribution in [-0.2, 0) is 16.0 Å². The molecule has 0 aliphatic carbocycles. The number of amides is 2. The topological polar surface area (TPSA) is 61.9 Å². The van der Waals surface area contributed by atoms with Gasteiger partial charge in [-0.25, -0.2) is 0 Å². The van der Waals surface area contributed by atoms with E-state index in [1.807, 2.05) is 47.4 Å². The van der Waals surface area contributed by atoms with Crippen molar-refractivity contribution in [2.45, 2.75) is 37.6 Å². The highest BCUT2D eigenvalue weighted by Crippen LogP contribution is 2.30. The third-order valence-electron chi connectivity index (χ3n) is 6.56. The maximum atomic E-state index is 13.0. The van der Waals surface area contributed by atoms with Gasteiger partial charge >= 0.3 is 0 Å². The lowest BCUT2D eigenvalue weighted by Crippen LogP contribution is -2.50. The van der Waals surface area contributed by atoms with Gasteiger partial charge in [0.15, 0.2) is 0 Å². The van der Waals surface area contributed by atoms with Crippen molar-refractivity contribution in [1.82, 2.24) is 10.2 Å². The van der Waals surface area contributed by atoms with Crippen molar-refractivity contribution in [3.8, 4) is 5.75 Å². The molecular formula is C25H30ClN3O3. The number of rotatable bonds is 7. The fourth-order valence-electron chi connectivity index (χ4n) is 4.70. The first-order chi connectivity index (χ1) is 15.5. The number of hydrogen-bond donors (Lipinski definition) is 1. The Morgan fingerprint density at radius 1 is 1.12 bits per heavy atom. The fourth-order valence-corrected chi connectivity index (χ4v) is 4.83. The molecule has 0 aromatic heterocycles. The Morgan fingerprint density at radius 3 is 2.53 bits per heavy atom. The Bertz CT molecular complexity index is 957. The average Bonchev–Trinajstić information content (AvgIpc) is 3.19. The highest BCUT2D eigenvalue weighted by Gasteiger charge is 2.38. The number of anilines is 1. The Kier molecular flexibility index (Phi) is 6.89. The third-order valence-corrected chi connectivity index (χ3v) is 6.81. The number of halogens is 1. The van der Waals surface area contributed by atoms with Crippen LogP contribution in [0.5, 0.6) is 5.75 Å². The zero-order valence-corrected chi connectivity index (χ0v) is 19.2. The third kappa shape index (κ3) is 5.36. The molecule has 7 heteroatoms. The van der Waals surface area contributed by atoms with Crippen molar-refractivity contribution in [3.63, 3.8) is 0 Å². The summed E-state index contributed by atoms with van der Waals surface area (Å²) < 4.78 is 5.32. The minimum atomic E-state index is -0.358. The van der Waals surface area contributed by atoms with Crippen LogP contribution in [0.25, 0.3) is 0 Å². The molecule has 2 aliphatic rings. The maximum absolute atomic E-state index is 13.0. The van der Waals surface area contributed by atoms with Gasteiger partial charge in [0, 0.05) is 61.3 Å². The van der Waals surface area contributed by atoms with Gasteiger partial charge in [-0.1, -0.05) is 29.8 Å². The second-order valence-electron chi connectivity index (χ2n) is 8.70. The van der Waals surface area contributed by atoms with Gasteiger partial charge in [0.25, 0.3) is 0 Å². The van der Waals surface area contributed by atoms with Crippen molar-refractivity contribution >= 4 is 29.1 Å². The maximum Gasteiger partial charge on any atom is 0.222 e. The van der Waals surface area contributed by atoms with E-state index in [4.69, 9.17) is 16.3 Å². The van der Waals surface area contributed by atoms with Crippen LogP contribution in [0.4, 0.5) is 5.69 Å². The molecule has 1 N–H and O–H groups in total. The van der Waals surface area contributed by atoms with Crippen molar-refractivity contribution in [1.29, 1.82) is 0 Å². The molecule has 4 rings (SSSR count). The summed E-state index contributed by atoms with van der Waals surface area (Å²) >= 11 is 6.01. The normalized spacial score (nSPS) is 20.9. The summed E-state index contributed by atoms with van der Waals surface area (Å²) in [7, 11) is 1.67. The number of benzene rings is 2. The Labute approximate surface area is 194 Å². The van der Waals surface area contributed by atoms with Crippen LogP contribution in [0.2, 0.25) is 5.02 Å². The van der Waals surface area contributed by atoms with Crippen molar-refractivity contribution in [2.24, 2.45) is 0 Å². The van der Waals surface area contributed by atoms with Crippen LogP contribution in [0, 0.1) is 0 Å². The summed E-state index contributed by atoms with van der Waals surface area (Å²) in [4.78, 5) is 29.2. The number of ether oxygens (including phenoxy) is 1. The van der Waals surface area contributed by atoms with Crippen molar-refractivity contribution < 1.29 is 14.3 Å². The molecule has 6 nitrogen and oxygen atoms in total. The van der Waals surface area contributed by atoms with Gasteiger partial charge in [-0.3, -0.25) is 9.59 Å². The first kappa shape index (κ1) is 22.5. The molecule has 2 saturated heterocycles. The van der Waals surface area contributed by atoms with E-state index >= 15 is 0 Å². The molecule has 2 aliphatic heterocycles. The van der Waals surface area contributed by atoms with Gasteiger partial charge in [0.2, 0.25) is 11.8 Å². The van der Waals surface area contributed by atoms with Gasteiger partial charge in [0.05, 0.1) is 7.11 Å². The number of methoxy groups -OCH3 is 1. The van der Waals surface area contributed by atoms with Crippen LogP contribution >= 0.6 is 11.6 Å². The smallest absolute Gasteiger partial charge is 0.222 e. The van der Waals surface area contributed by atoms with Crippen molar-refractivity contribution in [2.75, 3.05) is 38.2 Å².